The van der Waals surface area contributed by atoms with Crippen LogP contribution in [-0.2, 0) is 15.8 Å². The zero-order chi connectivity index (χ0) is 23.9. The Balaban J connectivity index is 1.55. The first-order chi connectivity index (χ1) is 16.3. The standard InChI is InChI=1S/C26H22F3N3O2/c27-26(28,29)23-9-10-30-16-22(23)18-7-5-17(6-8-18)19-13-20(31-11-1-3-24(31)33)15-21(14-19)32-12-2-4-25(32)34/h5-10,13-16H,1-4,11-12H2. The van der Waals surface area contributed by atoms with Crippen LogP contribution in [0.2, 0.25) is 0 Å². The van der Waals surface area contributed by atoms with Crippen LogP contribution < -0.4 is 9.80 Å². The van der Waals surface area contributed by atoms with Gasteiger partial charge in [-0.05, 0) is 53.8 Å². The SMILES string of the molecule is O=C1CCCN1c1cc(-c2ccc(-c3cnccc3C(F)(F)F)cc2)cc(N2CCCC2=O)c1. The van der Waals surface area contributed by atoms with Crippen LogP contribution in [0.1, 0.15) is 31.2 Å². The molecule has 8 heteroatoms. The Kier molecular flexibility index (Phi) is 5.59. The van der Waals surface area contributed by atoms with Gasteiger partial charge in [-0.1, -0.05) is 24.3 Å². The van der Waals surface area contributed by atoms with E-state index in [1.807, 2.05) is 18.2 Å². The van der Waals surface area contributed by atoms with Crippen LogP contribution in [0.5, 0.6) is 0 Å². The number of carbonyl (C=O) groups is 2. The minimum absolute atomic E-state index is 0.0151. The molecule has 2 saturated heterocycles. The monoisotopic (exact) mass is 465 g/mol. The van der Waals surface area contributed by atoms with Crippen LogP contribution in [0, 0.1) is 0 Å². The summed E-state index contributed by atoms with van der Waals surface area (Å²) >= 11 is 0. The van der Waals surface area contributed by atoms with E-state index in [2.05, 4.69) is 4.98 Å². The molecule has 2 aromatic carbocycles. The van der Waals surface area contributed by atoms with E-state index in [0.29, 0.717) is 31.5 Å². The number of amides is 2. The topological polar surface area (TPSA) is 53.5 Å². The van der Waals surface area contributed by atoms with Gasteiger partial charge in [0.1, 0.15) is 0 Å². The van der Waals surface area contributed by atoms with Gasteiger partial charge in [0, 0.05) is 55.3 Å². The van der Waals surface area contributed by atoms with Gasteiger partial charge in [-0.3, -0.25) is 14.6 Å². The van der Waals surface area contributed by atoms with Crippen molar-refractivity contribution in [2.75, 3.05) is 22.9 Å². The third-order valence-electron chi connectivity index (χ3n) is 6.33. The Bertz CT molecular complexity index is 1210. The number of halogens is 3. The van der Waals surface area contributed by atoms with Gasteiger partial charge in [0.15, 0.2) is 0 Å². The minimum Gasteiger partial charge on any atom is -0.312 e. The highest BCUT2D eigenvalue weighted by molar-refractivity contribution is 6.00. The van der Waals surface area contributed by atoms with Gasteiger partial charge >= 0.3 is 6.18 Å². The largest absolute Gasteiger partial charge is 0.417 e. The van der Waals surface area contributed by atoms with E-state index >= 15 is 0 Å². The number of hydrogen-bond acceptors (Lipinski definition) is 3. The number of nitrogens with zero attached hydrogens (tertiary/aromatic N) is 3. The average Bonchev–Trinajstić information content (AvgIpc) is 3.46. The molecule has 1 aromatic heterocycles. The molecule has 0 unspecified atom stereocenters. The molecule has 0 saturated carbocycles. The molecule has 0 bridgehead atoms. The van der Waals surface area contributed by atoms with Gasteiger partial charge in [-0.25, -0.2) is 0 Å². The molecule has 5 nitrogen and oxygen atoms in total. The van der Waals surface area contributed by atoms with E-state index in [9.17, 15) is 22.8 Å². The lowest BCUT2D eigenvalue weighted by Gasteiger charge is -2.22. The van der Waals surface area contributed by atoms with Crippen LogP contribution in [0.25, 0.3) is 22.3 Å². The highest BCUT2D eigenvalue weighted by Crippen LogP contribution is 2.38. The molecule has 0 spiro atoms. The summed E-state index contributed by atoms with van der Waals surface area (Å²) in [4.78, 5) is 32.1. The maximum Gasteiger partial charge on any atom is 0.417 e. The van der Waals surface area contributed by atoms with E-state index in [1.165, 1.54) is 6.20 Å². The number of aromatic nitrogens is 1. The molecule has 2 aliphatic heterocycles. The van der Waals surface area contributed by atoms with Crippen molar-refractivity contribution in [1.82, 2.24) is 4.98 Å². The van der Waals surface area contributed by atoms with Crippen LogP contribution in [0.4, 0.5) is 24.5 Å². The summed E-state index contributed by atoms with van der Waals surface area (Å²) in [5.74, 6) is 0.0879. The van der Waals surface area contributed by atoms with E-state index in [0.717, 1.165) is 47.6 Å². The quantitative estimate of drug-likeness (QED) is 0.498. The third kappa shape index (κ3) is 4.16. The van der Waals surface area contributed by atoms with Crippen molar-refractivity contribution in [3.63, 3.8) is 0 Å². The van der Waals surface area contributed by atoms with Crippen molar-refractivity contribution < 1.29 is 22.8 Å². The molecule has 3 aromatic rings. The smallest absolute Gasteiger partial charge is 0.312 e. The molecular weight excluding hydrogens is 443 g/mol. The Hall–Kier alpha value is -3.68. The van der Waals surface area contributed by atoms with Crippen molar-refractivity contribution in [1.29, 1.82) is 0 Å². The normalized spacial score (nSPS) is 16.6. The Morgan fingerprint density at radius 3 is 1.79 bits per heavy atom. The lowest BCUT2D eigenvalue weighted by atomic mass is 9.97. The molecule has 2 fully saturated rings. The molecule has 174 valence electrons. The van der Waals surface area contributed by atoms with E-state index in [-0.39, 0.29) is 17.4 Å². The number of carbonyl (C=O) groups excluding carboxylic acids is 2. The zero-order valence-corrected chi connectivity index (χ0v) is 18.3. The first-order valence-corrected chi connectivity index (χ1v) is 11.2. The highest BCUT2D eigenvalue weighted by Gasteiger charge is 2.33. The number of anilines is 2. The fourth-order valence-corrected chi connectivity index (χ4v) is 4.63. The van der Waals surface area contributed by atoms with Gasteiger partial charge in [-0.15, -0.1) is 0 Å². The molecule has 34 heavy (non-hydrogen) atoms. The lowest BCUT2D eigenvalue weighted by molar-refractivity contribution is -0.137. The molecule has 0 radical (unpaired) electrons. The van der Waals surface area contributed by atoms with E-state index in [1.54, 1.807) is 34.1 Å². The summed E-state index contributed by atoms with van der Waals surface area (Å²) in [6.45, 7) is 1.24. The molecule has 2 amide bonds. The zero-order valence-electron chi connectivity index (χ0n) is 18.3. The first-order valence-electron chi connectivity index (χ1n) is 11.2. The predicted molar refractivity (Wildman–Crippen MR) is 123 cm³/mol. The van der Waals surface area contributed by atoms with Crippen LogP contribution >= 0.6 is 0 Å². The summed E-state index contributed by atoms with van der Waals surface area (Å²) in [5.41, 5.74) is 2.71. The number of pyridine rings is 1. The summed E-state index contributed by atoms with van der Waals surface area (Å²) < 4.78 is 40.3. The van der Waals surface area contributed by atoms with Gasteiger partial charge < -0.3 is 9.80 Å². The van der Waals surface area contributed by atoms with Gasteiger partial charge in [0.05, 0.1) is 5.56 Å². The summed E-state index contributed by atoms with van der Waals surface area (Å²) in [6.07, 6.45) is 0.407. The average molecular weight is 465 g/mol. The number of alkyl halides is 3. The second-order valence-corrected chi connectivity index (χ2v) is 8.53. The van der Waals surface area contributed by atoms with Crippen molar-refractivity contribution in [3.05, 3.63) is 66.5 Å². The Labute approximate surface area is 194 Å². The minimum atomic E-state index is -4.48. The molecular formula is C26H22F3N3O2. The molecule has 3 heterocycles. The van der Waals surface area contributed by atoms with Gasteiger partial charge in [-0.2, -0.15) is 13.2 Å². The highest BCUT2D eigenvalue weighted by atomic mass is 19.4. The fraction of sp³-hybridized carbons (Fsp3) is 0.269. The second-order valence-electron chi connectivity index (χ2n) is 8.53. The maximum atomic E-state index is 13.4. The Morgan fingerprint density at radius 1 is 0.735 bits per heavy atom. The van der Waals surface area contributed by atoms with Gasteiger partial charge in [0.2, 0.25) is 11.8 Å². The van der Waals surface area contributed by atoms with Crippen LogP contribution in [0.3, 0.4) is 0 Å². The van der Waals surface area contributed by atoms with Gasteiger partial charge in [0.25, 0.3) is 0 Å². The molecule has 0 N–H and O–H groups in total. The van der Waals surface area contributed by atoms with Crippen LogP contribution in [0.15, 0.2) is 60.9 Å². The summed E-state index contributed by atoms with van der Waals surface area (Å²) in [5, 5.41) is 0. The maximum absolute atomic E-state index is 13.4. The molecule has 0 aliphatic carbocycles. The number of hydrogen-bond donors (Lipinski definition) is 0. The Morgan fingerprint density at radius 2 is 1.29 bits per heavy atom. The summed E-state index contributed by atoms with van der Waals surface area (Å²) in [7, 11) is 0. The molecule has 2 aliphatic rings. The molecule has 5 rings (SSSR count). The van der Waals surface area contributed by atoms with Crippen molar-refractivity contribution in [3.8, 4) is 22.3 Å². The first kappa shape index (κ1) is 22.1. The van der Waals surface area contributed by atoms with Crippen molar-refractivity contribution in [2.24, 2.45) is 0 Å². The van der Waals surface area contributed by atoms with E-state index < -0.39 is 11.7 Å². The van der Waals surface area contributed by atoms with Crippen LogP contribution in [-0.4, -0.2) is 29.9 Å². The number of benzene rings is 2. The third-order valence-corrected chi connectivity index (χ3v) is 6.33. The summed E-state index contributed by atoms with van der Waals surface area (Å²) in [6, 6.07) is 13.4. The second kappa shape index (κ2) is 8.59. The van der Waals surface area contributed by atoms with Crippen molar-refractivity contribution in [2.45, 2.75) is 31.9 Å². The van der Waals surface area contributed by atoms with E-state index in [4.69, 9.17) is 0 Å². The fourth-order valence-electron chi connectivity index (χ4n) is 4.63. The molecule has 0 atom stereocenters. The predicted octanol–water partition coefficient (Wildman–Crippen LogP) is 5.69. The lowest BCUT2D eigenvalue weighted by Crippen LogP contribution is -2.26. The number of rotatable bonds is 4. The van der Waals surface area contributed by atoms with Crippen molar-refractivity contribution >= 4 is 23.2 Å².